The van der Waals surface area contributed by atoms with Gasteiger partial charge in [0.05, 0.1) is 16.9 Å². The summed E-state index contributed by atoms with van der Waals surface area (Å²) in [5.41, 5.74) is 1.60. The van der Waals surface area contributed by atoms with Crippen LogP contribution in [0.25, 0.3) is 0 Å². The number of nitrogens with one attached hydrogen (secondary N) is 2. The molecule has 170 valence electrons. The van der Waals surface area contributed by atoms with Gasteiger partial charge in [-0.05, 0) is 42.3 Å². The summed E-state index contributed by atoms with van der Waals surface area (Å²) >= 11 is 0. The van der Waals surface area contributed by atoms with Gasteiger partial charge in [0.15, 0.2) is 9.84 Å². The smallest absolute Gasteiger partial charge is 0.303 e. The zero-order chi connectivity index (χ0) is 23.6. The average molecular weight is 461 g/mol. The number of carboxylic acid groups (broad SMARTS) is 1. The van der Waals surface area contributed by atoms with Gasteiger partial charge in [0.2, 0.25) is 11.8 Å². The molecule has 0 aliphatic heterocycles. The lowest BCUT2D eigenvalue weighted by Crippen LogP contribution is -2.17. The Balaban J connectivity index is 1.86. The molecule has 0 saturated heterocycles. The summed E-state index contributed by atoms with van der Waals surface area (Å²) in [4.78, 5) is 34.8. The van der Waals surface area contributed by atoms with Crippen LogP contribution in [0.2, 0.25) is 0 Å². The Morgan fingerprint density at radius 3 is 2.16 bits per heavy atom. The molecule has 2 amide bonds. The molecule has 5 N–H and O–H groups in total. The highest BCUT2D eigenvalue weighted by Crippen LogP contribution is 2.18. The molecule has 2 aromatic rings. The second-order valence-electron chi connectivity index (χ2n) is 6.84. The number of hydrogen-bond donors (Lipinski definition) is 4. The number of hydrogen-bond acceptors (Lipinski definition) is 7. The number of sulfone groups is 1. The molecule has 0 spiro atoms. The van der Waals surface area contributed by atoms with Crippen molar-refractivity contribution < 1.29 is 27.9 Å². The summed E-state index contributed by atoms with van der Waals surface area (Å²) < 4.78 is 24.7. The van der Waals surface area contributed by atoms with Crippen molar-refractivity contribution in [1.29, 1.82) is 0 Å². The lowest BCUT2D eigenvalue weighted by Gasteiger charge is -2.09. The van der Waals surface area contributed by atoms with Gasteiger partial charge < -0.3 is 21.6 Å². The Bertz CT molecular complexity index is 1100. The highest BCUT2D eigenvalue weighted by molar-refractivity contribution is 7.91. The minimum absolute atomic E-state index is 0.00724. The maximum absolute atomic E-state index is 12.3. The van der Waals surface area contributed by atoms with Gasteiger partial charge in [-0.1, -0.05) is 18.2 Å². The van der Waals surface area contributed by atoms with E-state index in [9.17, 15) is 22.8 Å². The van der Waals surface area contributed by atoms with Crippen LogP contribution in [0.5, 0.6) is 0 Å². The SMILES string of the molecule is NN=Cc1ccc(NC(=O)CCC(=O)Nc2cccc(S(=O)(=O)CCCC(=O)O)c2)cc1. The van der Waals surface area contributed by atoms with Crippen LogP contribution < -0.4 is 16.5 Å². The van der Waals surface area contributed by atoms with E-state index < -0.39 is 21.7 Å². The molecule has 2 rings (SSSR count). The van der Waals surface area contributed by atoms with E-state index >= 15 is 0 Å². The third-order valence-electron chi connectivity index (χ3n) is 4.28. The Morgan fingerprint density at radius 2 is 1.56 bits per heavy atom. The van der Waals surface area contributed by atoms with Crippen LogP contribution in [0.1, 0.15) is 31.2 Å². The number of nitrogens with two attached hydrogens (primary N) is 1. The van der Waals surface area contributed by atoms with Crippen LogP contribution in [0.15, 0.2) is 58.5 Å². The predicted molar refractivity (Wildman–Crippen MR) is 120 cm³/mol. The molecule has 0 saturated carbocycles. The van der Waals surface area contributed by atoms with Crippen molar-refractivity contribution in [2.24, 2.45) is 10.9 Å². The minimum atomic E-state index is -3.68. The first-order valence-corrected chi connectivity index (χ1v) is 11.3. The van der Waals surface area contributed by atoms with Gasteiger partial charge in [0.25, 0.3) is 0 Å². The van der Waals surface area contributed by atoms with E-state index in [1.807, 2.05) is 0 Å². The summed E-state index contributed by atoms with van der Waals surface area (Å²) in [7, 11) is -3.68. The molecule has 2 aromatic carbocycles. The van der Waals surface area contributed by atoms with Crippen molar-refractivity contribution in [3.8, 4) is 0 Å². The maximum atomic E-state index is 12.3. The highest BCUT2D eigenvalue weighted by atomic mass is 32.2. The second-order valence-corrected chi connectivity index (χ2v) is 8.95. The third kappa shape index (κ3) is 8.19. The fraction of sp³-hybridized carbons (Fsp3) is 0.238. The number of rotatable bonds is 11. The van der Waals surface area contributed by atoms with Gasteiger partial charge in [0, 0.05) is 30.6 Å². The van der Waals surface area contributed by atoms with Crippen LogP contribution >= 0.6 is 0 Å². The molecular formula is C21H24N4O6S. The van der Waals surface area contributed by atoms with Crippen molar-refractivity contribution in [2.75, 3.05) is 16.4 Å². The predicted octanol–water partition coefficient (Wildman–Crippen LogP) is 1.98. The lowest BCUT2D eigenvalue weighted by atomic mass is 10.2. The first-order valence-electron chi connectivity index (χ1n) is 9.67. The summed E-state index contributed by atoms with van der Waals surface area (Å²) in [5.74, 6) is 2.90. The van der Waals surface area contributed by atoms with Crippen molar-refractivity contribution in [3.05, 3.63) is 54.1 Å². The zero-order valence-corrected chi connectivity index (χ0v) is 18.0. The van der Waals surface area contributed by atoms with Crippen molar-refractivity contribution >= 4 is 45.2 Å². The summed E-state index contributed by atoms with van der Waals surface area (Å²) in [6.07, 6.45) is 1.05. The fourth-order valence-corrected chi connectivity index (χ4v) is 4.06. The van der Waals surface area contributed by atoms with Crippen molar-refractivity contribution in [3.63, 3.8) is 0 Å². The summed E-state index contributed by atoms with van der Waals surface area (Å²) in [5, 5.41) is 17.3. The number of nitrogens with zero attached hydrogens (tertiary/aromatic N) is 1. The van der Waals surface area contributed by atoms with Gasteiger partial charge in [0.1, 0.15) is 0 Å². The Morgan fingerprint density at radius 1 is 0.938 bits per heavy atom. The van der Waals surface area contributed by atoms with Gasteiger partial charge in [-0.3, -0.25) is 14.4 Å². The Labute approximate surface area is 185 Å². The van der Waals surface area contributed by atoms with E-state index in [-0.39, 0.29) is 47.9 Å². The van der Waals surface area contributed by atoms with E-state index in [0.29, 0.717) is 5.69 Å². The van der Waals surface area contributed by atoms with Crippen LogP contribution in [-0.4, -0.2) is 43.3 Å². The molecule has 0 atom stereocenters. The molecule has 0 unspecified atom stereocenters. The quantitative estimate of drug-likeness (QED) is 0.226. The Hall–Kier alpha value is -3.73. The molecule has 0 aromatic heterocycles. The zero-order valence-electron chi connectivity index (χ0n) is 17.2. The number of carboxylic acids is 1. The standard InChI is InChI=1S/C21H24N4O6S/c22-23-14-15-6-8-16(9-7-15)24-19(26)10-11-20(27)25-17-3-1-4-18(13-17)32(30,31)12-2-5-21(28)29/h1,3-4,6-9,13-14H,2,5,10-12,22H2,(H,24,26)(H,25,27)(H,28,29). The number of carbonyl (C=O) groups excluding carboxylic acids is 2. The largest absolute Gasteiger partial charge is 0.481 e. The molecule has 11 heteroatoms. The minimum Gasteiger partial charge on any atom is -0.481 e. The van der Waals surface area contributed by atoms with E-state index in [0.717, 1.165) is 5.56 Å². The molecule has 10 nitrogen and oxygen atoms in total. The Kier molecular flexibility index (Phi) is 8.90. The molecule has 0 heterocycles. The number of carbonyl (C=O) groups is 3. The third-order valence-corrected chi connectivity index (χ3v) is 6.08. The first kappa shape index (κ1) is 24.5. The average Bonchev–Trinajstić information content (AvgIpc) is 2.74. The number of amides is 2. The van der Waals surface area contributed by atoms with Crippen molar-refractivity contribution in [2.45, 2.75) is 30.6 Å². The van der Waals surface area contributed by atoms with Gasteiger partial charge >= 0.3 is 5.97 Å². The second kappa shape index (κ2) is 11.6. The molecular weight excluding hydrogens is 436 g/mol. The topological polar surface area (TPSA) is 168 Å². The molecule has 32 heavy (non-hydrogen) atoms. The van der Waals surface area contributed by atoms with Gasteiger partial charge in [-0.25, -0.2) is 8.42 Å². The van der Waals surface area contributed by atoms with E-state index in [1.54, 1.807) is 24.3 Å². The summed E-state index contributed by atoms with van der Waals surface area (Å²) in [6, 6.07) is 12.5. The molecule has 0 fully saturated rings. The van der Waals surface area contributed by atoms with Gasteiger partial charge in [-0.15, -0.1) is 0 Å². The number of hydrazone groups is 1. The first-order chi connectivity index (χ1) is 15.2. The molecule has 0 radical (unpaired) electrons. The normalized spacial score (nSPS) is 11.2. The van der Waals surface area contributed by atoms with Crippen LogP contribution in [-0.2, 0) is 24.2 Å². The van der Waals surface area contributed by atoms with Gasteiger partial charge in [-0.2, -0.15) is 5.10 Å². The van der Waals surface area contributed by atoms with E-state index in [2.05, 4.69) is 15.7 Å². The lowest BCUT2D eigenvalue weighted by molar-refractivity contribution is -0.137. The van der Waals surface area contributed by atoms with Crippen LogP contribution in [0.4, 0.5) is 11.4 Å². The number of aliphatic carboxylic acids is 1. The monoisotopic (exact) mass is 460 g/mol. The summed E-state index contributed by atoms with van der Waals surface area (Å²) in [6.45, 7) is 0. The van der Waals surface area contributed by atoms with Crippen molar-refractivity contribution in [1.82, 2.24) is 0 Å². The fourth-order valence-electron chi connectivity index (χ4n) is 2.71. The number of anilines is 2. The number of benzene rings is 2. The van der Waals surface area contributed by atoms with E-state index in [4.69, 9.17) is 10.9 Å². The maximum Gasteiger partial charge on any atom is 0.303 e. The molecule has 0 aliphatic carbocycles. The van der Waals surface area contributed by atoms with Crippen LogP contribution in [0, 0.1) is 0 Å². The highest BCUT2D eigenvalue weighted by Gasteiger charge is 2.16. The van der Waals surface area contributed by atoms with E-state index in [1.165, 1.54) is 30.5 Å². The van der Waals surface area contributed by atoms with Crippen LogP contribution in [0.3, 0.4) is 0 Å². The molecule has 0 bridgehead atoms. The molecule has 0 aliphatic rings.